The molecule has 2 aromatic carbocycles. The van der Waals surface area contributed by atoms with Crippen molar-refractivity contribution in [2.45, 2.75) is 16.1 Å². The molecule has 5 rings (SSSR count). The molecule has 1 N–H and O–H groups in total. The molecule has 0 saturated carbocycles. The molecule has 9 nitrogen and oxygen atoms in total. The van der Waals surface area contributed by atoms with Crippen LogP contribution in [0.3, 0.4) is 0 Å². The average Bonchev–Trinajstić information content (AvgIpc) is 3.54. The van der Waals surface area contributed by atoms with Crippen LogP contribution >= 0.6 is 23.1 Å². The van der Waals surface area contributed by atoms with Gasteiger partial charge in [-0.2, -0.15) is 0 Å². The van der Waals surface area contributed by atoms with Crippen molar-refractivity contribution in [3.63, 3.8) is 0 Å². The maximum atomic E-state index is 13.4. The van der Waals surface area contributed by atoms with Crippen LogP contribution in [-0.2, 0) is 15.3 Å². The van der Waals surface area contributed by atoms with E-state index in [4.69, 9.17) is 9.47 Å². The Morgan fingerprint density at radius 3 is 2.45 bits per heavy atom. The molecule has 4 aromatic rings. The highest BCUT2D eigenvalue weighted by Gasteiger charge is 2.48. The number of ether oxygens (including phenoxy) is 2. The molecule has 3 heterocycles. The second kappa shape index (κ2) is 11.0. The number of carbonyl (C=O) groups is 2. The number of anilines is 1. The van der Waals surface area contributed by atoms with Gasteiger partial charge >= 0.3 is 5.91 Å². The van der Waals surface area contributed by atoms with Crippen molar-refractivity contribution in [2.24, 2.45) is 0 Å². The largest absolute Gasteiger partial charge is 0.507 e. The minimum absolute atomic E-state index is 0.0675. The Hall–Kier alpha value is -4.22. The summed E-state index contributed by atoms with van der Waals surface area (Å²) in [5.74, 6) is -0.371. The van der Waals surface area contributed by atoms with Crippen molar-refractivity contribution < 1.29 is 24.2 Å². The summed E-state index contributed by atoms with van der Waals surface area (Å²) in [6.07, 6.45) is 3.00. The zero-order chi connectivity index (χ0) is 26.6. The number of aromatic nitrogens is 3. The maximum Gasteiger partial charge on any atom is 0.301 e. The summed E-state index contributed by atoms with van der Waals surface area (Å²) >= 11 is 2.69. The van der Waals surface area contributed by atoms with Gasteiger partial charge < -0.3 is 14.6 Å². The topological polar surface area (TPSA) is 115 Å². The normalized spacial score (nSPS) is 16.6. The third-order valence-corrected chi connectivity index (χ3v) is 8.06. The Balaban J connectivity index is 1.58. The number of amides is 1. The van der Waals surface area contributed by atoms with Crippen molar-refractivity contribution in [1.29, 1.82) is 0 Å². The number of Topliss-reactive ketones (excluding diaryl/α,β-unsaturated/α-hetero) is 1. The SMILES string of the molecule is COc1ccc(C2C(=C(O)c3ccncc3)C(=O)C(=O)N2c2nnc(SCc3ccccc3)s2)cc1OC. The van der Waals surface area contributed by atoms with Gasteiger partial charge in [0.25, 0.3) is 5.78 Å². The van der Waals surface area contributed by atoms with Crippen LogP contribution in [0.15, 0.2) is 83.0 Å². The van der Waals surface area contributed by atoms with E-state index >= 15 is 0 Å². The van der Waals surface area contributed by atoms with Gasteiger partial charge in [-0.05, 0) is 35.4 Å². The van der Waals surface area contributed by atoms with Crippen LogP contribution in [-0.4, -0.2) is 46.2 Å². The standard InChI is InChI=1S/C27H22N4O5S2/c1-35-19-9-8-18(14-20(19)36-2)22-21(23(32)17-10-12-28-13-11-17)24(33)25(34)31(22)26-29-30-27(38-26)37-15-16-6-4-3-5-7-16/h3-14,22,32H,15H2,1-2H3. The van der Waals surface area contributed by atoms with E-state index in [0.717, 1.165) is 5.56 Å². The van der Waals surface area contributed by atoms with Crippen molar-refractivity contribution >= 4 is 45.7 Å². The summed E-state index contributed by atoms with van der Waals surface area (Å²) in [5.41, 5.74) is 1.95. The van der Waals surface area contributed by atoms with Gasteiger partial charge in [0.2, 0.25) is 5.13 Å². The van der Waals surface area contributed by atoms with Crippen LogP contribution in [0, 0.1) is 0 Å². The number of hydrogen-bond acceptors (Lipinski definition) is 10. The summed E-state index contributed by atoms with van der Waals surface area (Å²) in [4.78, 5) is 32.0. The summed E-state index contributed by atoms with van der Waals surface area (Å²) in [5, 5.41) is 19.9. The summed E-state index contributed by atoms with van der Waals surface area (Å²) < 4.78 is 11.5. The van der Waals surface area contributed by atoms with Gasteiger partial charge in [-0.15, -0.1) is 10.2 Å². The quantitative estimate of drug-likeness (QED) is 0.109. The third kappa shape index (κ3) is 4.85. The number of nitrogens with zero attached hydrogens (tertiary/aromatic N) is 4. The number of pyridine rings is 1. The second-order valence-corrected chi connectivity index (χ2v) is 10.3. The lowest BCUT2D eigenvalue weighted by Gasteiger charge is -2.23. The fraction of sp³-hybridized carbons (Fsp3) is 0.148. The van der Waals surface area contributed by atoms with E-state index in [0.29, 0.717) is 32.7 Å². The molecule has 0 spiro atoms. The van der Waals surface area contributed by atoms with E-state index in [-0.39, 0.29) is 16.5 Å². The van der Waals surface area contributed by atoms with Crippen LogP contribution in [0.4, 0.5) is 5.13 Å². The molecule has 2 aromatic heterocycles. The van der Waals surface area contributed by atoms with Gasteiger partial charge in [0, 0.05) is 23.7 Å². The molecule has 192 valence electrons. The number of methoxy groups -OCH3 is 2. The molecule has 1 aliphatic heterocycles. The number of aliphatic hydroxyl groups excluding tert-OH is 1. The number of benzene rings is 2. The number of carbonyl (C=O) groups excluding carboxylic acids is 2. The third-order valence-electron chi connectivity index (χ3n) is 5.93. The highest BCUT2D eigenvalue weighted by molar-refractivity contribution is 8.00. The van der Waals surface area contributed by atoms with Gasteiger partial charge in [0.15, 0.2) is 15.8 Å². The first kappa shape index (κ1) is 25.4. The molecular weight excluding hydrogens is 524 g/mol. The van der Waals surface area contributed by atoms with Crippen LogP contribution < -0.4 is 14.4 Å². The Labute approximate surface area is 226 Å². The van der Waals surface area contributed by atoms with Gasteiger partial charge in [-0.3, -0.25) is 19.5 Å². The number of thioether (sulfide) groups is 1. The lowest BCUT2D eigenvalue weighted by atomic mass is 9.95. The molecule has 1 unspecified atom stereocenters. The molecule has 1 fully saturated rings. The zero-order valence-electron chi connectivity index (χ0n) is 20.4. The van der Waals surface area contributed by atoms with Crippen LogP contribution in [0.1, 0.15) is 22.7 Å². The molecule has 0 bridgehead atoms. The van der Waals surface area contributed by atoms with Crippen molar-refractivity contribution in [2.75, 3.05) is 19.1 Å². The van der Waals surface area contributed by atoms with Crippen molar-refractivity contribution in [3.8, 4) is 11.5 Å². The van der Waals surface area contributed by atoms with Crippen LogP contribution in [0.2, 0.25) is 0 Å². The lowest BCUT2D eigenvalue weighted by molar-refractivity contribution is -0.132. The lowest BCUT2D eigenvalue weighted by Crippen LogP contribution is -2.29. The van der Waals surface area contributed by atoms with Gasteiger partial charge in [0.1, 0.15) is 5.76 Å². The molecule has 1 atom stereocenters. The van der Waals surface area contributed by atoms with E-state index in [1.807, 2.05) is 30.3 Å². The maximum absolute atomic E-state index is 13.4. The van der Waals surface area contributed by atoms with Crippen molar-refractivity contribution in [3.05, 3.63) is 95.3 Å². The first-order valence-corrected chi connectivity index (χ1v) is 13.3. The molecular formula is C27H22N4O5S2. The van der Waals surface area contributed by atoms with E-state index in [1.54, 1.807) is 30.3 Å². The smallest absolute Gasteiger partial charge is 0.301 e. The fourth-order valence-corrected chi connectivity index (χ4v) is 5.93. The fourth-order valence-electron chi connectivity index (χ4n) is 4.11. The van der Waals surface area contributed by atoms with Gasteiger partial charge in [0.05, 0.1) is 25.8 Å². The van der Waals surface area contributed by atoms with E-state index in [2.05, 4.69) is 15.2 Å². The highest BCUT2D eigenvalue weighted by atomic mass is 32.2. The first-order chi connectivity index (χ1) is 18.5. The monoisotopic (exact) mass is 546 g/mol. The highest BCUT2D eigenvalue weighted by Crippen LogP contribution is 2.45. The van der Waals surface area contributed by atoms with Gasteiger partial charge in [-0.1, -0.05) is 59.5 Å². The first-order valence-electron chi connectivity index (χ1n) is 11.5. The predicted molar refractivity (Wildman–Crippen MR) is 144 cm³/mol. The van der Waals surface area contributed by atoms with Crippen LogP contribution in [0.5, 0.6) is 11.5 Å². The molecule has 38 heavy (non-hydrogen) atoms. The summed E-state index contributed by atoms with van der Waals surface area (Å²) in [7, 11) is 3.01. The molecule has 1 amide bonds. The number of rotatable bonds is 8. The van der Waals surface area contributed by atoms with E-state index in [1.165, 1.54) is 54.6 Å². The molecule has 11 heteroatoms. The zero-order valence-corrected chi connectivity index (χ0v) is 22.0. The van der Waals surface area contributed by atoms with E-state index in [9.17, 15) is 14.7 Å². The van der Waals surface area contributed by atoms with Crippen LogP contribution in [0.25, 0.3) is 5.76 Å². The summed E-state index contributed by atoms with van der Waals surface area (Å²) in [6.45, 7) is 0. The Morgan fingerprint density at radius 2 is 1.74 bits per heavy atom. The number of aliphatic hydroxyl groups is 1. The number of hydrogen-bond donors (Lipinski definition) is 1. The molecule has 1 saturated heterocycles. The Morgan fingerprint density at radius 1 is 1.00 bits per heavy atom. The summed E-state index contributed by atoms with van der Waals surface area (Å²) in [6, 6.07) is 17.2. The van der Waals surface area contributed by atoms with Gasteiger partial charge in [-0.25, -0.2) is 0 Å². The Kier molecular flexibility index (Phi) is 7.38. The van der Waals surface area contributed by atoms with Crippen molar-refractivity contribution in [1.82, 2.24) is 15.2 Å². The number of ketones is 1. The molecule has 1 aliphatic rings. The predicted octanol–water partition coefficient (Wildman–Crippen LogP) is 4.87. The Bertz CT molecular complexity index is 1510. The molecule has 0 radical (unpaired) electrons. The second-order valence-electron chi connectivity index (χ2n) is 8.14. The van der Waals surface area contributed by atoms with E-state index < -0.39 is 17.7 Å². The minimum atomic E-state index is -0.970. The average molecular weight is 547 g/mol. The minimum Gasteiger partial charge on any atom is -0.507 e. The molecule has 0 aliphatic carbocycles.